The van der Waals surface area contributed by atoms with Crippen LogP contribution in [0.1, 0.15) is 10.4 Å². The Labute approximate surface area is 114 Å². The van der Waals surface area contributed by atoms with Crippen LogP contribution in [0.5, 0.6) is 5.75 Å². The van der Waals surface area contributed by atoms with E-state index in [1.165, 1.54) is 10.4 Å². The summed E-state index contributed by atoms with van der Waals surface area (Å²) < 4.78 is 6.83. The van der Waals surface area contributed by atoms with Gasteiger partial charge in [0.25, 0.3) is 0 Å². The van der Waals surface area contributed by atoms with Crippen molar-refractivity contribution >= 4 is 27.3 Å². The first-order chi connectivity index (χ1) is 8.29. The van der Waals surface area contributed by atoms with Crippen LogP contribution in [0, 0.1) is 0 Å². The number of hydrogen-bond acceptors (Lipinski definition) is 3. The van der Waals surface area contributed by atoms with Gasteiger partial charge in [0.1, 0.15) is 12.4 Å². The standard InChI is InChI=1S/C13H14BrNOS/c14-13-4-3-11(8-10(13)5-6-15)16-9-12-2-1-7-17-12/h1-4,7-8H,5-6,9,15H2. The van der Waals surface area contributed by atoms with Crippen LogP contribution in [0.2, 0.25) is 0 Å². The van der Waals surface area contributed by atoms with Gasteiger partial charge in [0.15, 0.2) is 0 Å². The second kappa shape index (κ2) is 6.19. The highest BCUT2D eigenvalue weighted by Crippen LogP contribution is 2.24. The fourth-order valence-corrected chi connectivity index (χ4v) is 2.60. The summed E-state index contributed by atoms with van der Waals surface area (Å²) in [4.78, 5) is 1.23. The topological polar surface area (TPSA) is 35.2 Å². The van der Waals surface area contributed by atoms with E-state index in [0.717, 1.165) is 16.6 Å². The van der Waals surface area contributed by atoms with E-state index in [4.69, 9.17) is 10.5 Å². The van der Waals surface area contributed by atoms with Crippen molar-refractivity contribution in [3.8, 4) is 5.75 Å². The van der Waals surface area contributed by atoms with Crippen LogP contribution in [-0.4, -0.2) is 6.54 Å². The molecule has 0 saturated heterocycles. The molecule has 4 heteroatoms. The summed E-state index contributed by atoms with van der Waals surface area (Å²) in [7, 11) is 0. The highest BCUT2D eigenvalue weighted by Gasteiger charge is 2.02. The maximum atomic E-state index is 5.74. The third kappa shape index (κ3) is 3.56. The molecule has 0 aliphatic rings. The molecule has 0 saturated carbocycles. The van der Waals surface area contributed by atoms with Crippen molar-refractivity contribution < 1.29 is 4.74 Å². The molecule has 2 N–H and O–H groups in total. The Morgan fingerprint density at radius 3 is 2.88 bits per heavy atom. The molecule has 0 amide bonds. The molecular weight excluding hydrogens is 298 g/mol. The quantitative estimate of drug-likeness (QED) is 0.916. The van der Waals surface area contributed by atoms with Crippen molar-refractivity contribution in [3.05, 3.63) is 50.6 Å². The van der Waals surface area contributed by atoms with E-state index in [1.807, 2.05) is 24.3 Å². The van der Waals surface area contributed by atoms with E-state index in [9.17, 15) is 0 Å². The lowest BCUT2D eigenvalue weighted by molar-refractivity contribution is 0.309. The third-order valence-corrected chi connectivity index (χ3v) is 4.02. The Morgan fingerprint density at radius 1 is 1.29 bits per heavy atom. The zero-order valence-corrected chi connectivity index (χ0v) is 11.8. The number of hydrogen-bond donors (Lipinski definition) is 1. The van der Waals surface area contributed by atoms with Crippen LogP contribution in [0.3, 0.4) is 0 Å². The molecule has 1 aromatic heterocycles. The van der Waals surface area contributed by atoms with Gasteiger partial charge >= 0.3 is 0 Å². The summed E-state index contributed by atoms with van der Waals surface area (Å²) in [6.07, 6.45) is 0.858. The Kier molecular flexibility index (Phi) is 4.59. The van der Waals surface area contributed by atoms with Gasteiger partial charge in [0.05, 0.1) is 0 Å². The van der Waals surface area contributed by atoms with Gasteiger partial charge in [-0.15, -0.1) is 11.3 Å². The minimum Gasteiger partial charge on any atom is -0.488 e. The van der Waals surface area contributed by atoms with Crippen LogP contribution in [0.15, 0.2) is 40.2 Å². The largest absolute Gasteiger partial charge is 0.488 e. The second-order valence-corrected chi connectivity index (χ2v) is 5.55. The fourth-order valence-electron chi connectivity index (χ4n) is 1.54. The number of halogens is 1. The molecule has 0 unspecified atom stereocenters. The molecule has 0 atom stereocenters. The van der Waals surface area contributed by atoms with Crippen molar-refractivity contribution in [2.75, 3.05) is 6.54 Å². The monoisotopic (exact) mass is 311 g/mol. The van der Waals surface area contributed by atoms with E-state index in [1.54, 1.807) is 11.3 Å². The van der Waals surface area contributed by atoms with Gasteiger partial charge < -0.3 is 10.5 Å². The SMILES string of the molecule is NCCc1cc(OCc2cccs2)ccc1Br. The first-order valence-corrected chi connectivity index (χ1v) is 7.10. The maximum Gasteiger partial charge on any atom is 0.122 e. The minimum absolute atomic E-state index is 0.626. The molecule has 90 valence electrons. The molecule has 0 aliphatic heterocycles. The molecule has 0 bridgehead atoms. The molecule has 0 radical (unpaired) electrons. The van der Waals surface area contributed by atoms with Crippen LogP contribution < -0.4 is 10.5 Å². The van der Waals surface area contributed by atoms with Crippen molar-refractivity contribution in [1.29, 1.82) is 0 Å². The fraction of sp³-hybridized carbons (Fsp3) is 0.231. The van der Waals surface area contributed by atoms with Crippen LogP contribution in [-0.2, 0) is 13.0 Å². The van der Waals surface area contributed by atoms with E-state index in [-0.39, 0.29) is 0 Å². The van der Waals surface area contributed by atoms with Gasteiger partial charge in [-0.1, -0.05) is 22.0 Å². The maximum absolute atomic E-state index is 5.74. The molecule has 0 aliphatic carbocycles. The second-order valence-electron chi connectivity index (χ2n) is 3.66. The molecule has 1 heterocycles. The summed E-state index contributed by atoms with van der Waals surface area (Å²) in [6.45, 7) is 1.27. The molecule has 2 aromatic rings. The van der Waals surface area contributed by atoms with E-state index in [2.05, 4.69) is 27.4 Å². The third-order valence-electron chi connectivity index (χ3n) is 2.39. The lowest BCUT2D eigenvalue weighted by atomic mass is 10.1. The highest BCUT2D eigenvalue weighted by atomic mass is 79.9. The predicted octanol–water partition coefficient (Wildman–Crippen LogP) is 3.59. The van der Waals surface area contributed by atoms with E-state index in [0.29, 0.717) is 13.2 Å². The summed E-state index contributed by atoms with van der Waals surface area (Å²) >= 11 is 5.22. The molecule has 1 aromatic carbocycles. The number of benzene rings is 1. The smallest absolute Gasteiger partial charge is 0.122 e. The summed E-state index contributed by atoms with van der Waals surface area (Å²) in [6, 6.07) is 10.1. The average Bonchev–Trinajstić information content (AvgIpc) is 2.83. The predicted molar refractivity (Wildman–Crippen MR) is 75.6 cm³/mol. The number of ether oxygens (including phenoxy) is 1. The first-order valence-electron chi connectivity index (χ1n) is 5.43. The van der Waals surface area contributed by atoms with Gasteiger partial charge in [0, 0.05) is 9.35 Å². The van der Waals surface area contributed by atoms with Crippen molar-refractivity contribution in [1.82, 2.24) is 0 Å². The molecule has 17 heavy (non-hydrogen) atoms. The Hall–Kier alpha value is -0.840. The van der Waals surface area contributed by atoms with Gasteiger partial charge in [-0.3, -0.25) is 0 Å². The lowest BCUT2D eigenvalue weighted by Crippen LogP contribution is -2.03. The first kappa shape index (κ1) is 12.6. The Morgan fingerprint density at radius 2 is 2.18 bits per heavy atom. The van der Waals surface area contributed by atoms with Crippen molar-refractivity contribution in [3.63, 3.8) is 0 Å². The zero-order chi connectivity index (χ0) is 12.1. The minimum atomic E-state index is 0.626. The average molecular weight is 312 g/mol. The van der Waals surface area contributed by atoms with E-state index < -0.39 is 0 Å². The highest BCUT2D eigenvalue weighted by molar-refractivity contribution is 9.10. The molecule has 2 rings (SSSR count). The van der Waals surface area contributed by atoms with Crippen molar-refractivity contribution in [2.24, 2.45) is 5.73 Å². The molecule has 0 fully saturated rings. The summed E-state index contributed by atoms with van der Waals surface area (Å²) in [5.41, 5.74) is 6.76. The van der Waals surface area contributed by atoms with Crippen molar-refractivity contribution in [2.45, 2.75) is 13.0 Å². The van der Waals surface area contributed by atoms with Gasteiger partial charge in [0.2, 0.25) is 0 Å². The van der Waals surface area contributed by atoms with E-state index >= 15 is 0 Å². The Balaban J connectivity index is 2.03. The zero-order valence-electron chi connectivity index (χ0n) is 9.36. The number of nitrogens with two attached hydrogens (primary N) is 1. The summed E-state index contributed by atoms with van der Waals surface area (Å²) in [5, 5.41) is 2.06. The molecular formula is C13H14BrNOS. The molecule has 2 nitrogen and oxygen atoms in total. The van der Waals surface area contributed by atoms with Crippen LogP contribution >= 0.6 is 27.3 Å². The molecule has 0 spiro atoms. The summed E-state index contributed by atoms with van der Waals surface area (Å²) in [5.74, 6) is 0.894. The van der Waals surface area contributed by atoms with Crippen LogP contribution in [0.25, 0.3) is 0 Å². The number of rotatable bonds is 5. The van der Waals surface area contributed by atoms with Gasteiger partial charge in [-0.2, -0.15) is 0 Å². The lowest BCUT2D eigenvalue weighted by Gasteiger charge is -2.08. The van der Waals surface area contributed by atoms with Crippen LogP contribution in [0.4, 0.5) is 0 Å². The van der Waals surface area contributed by atoms with Gasteiger partial charge in [-0.25, -0.2) is 0 Å². The van der Waals surface area contributed by atoms with Gasteiger partial charge in [-0.05, 0) is 48.2 Å². The normalized spacial score (nSPS) is 10.5. The Bertz CT molecular complexity index is 470. The number of thiophene rings is 1.